The Bertz CT molecular complexity index is 1130. The molecule has 1 aliphatic rings. The maximum Gasteiger partial charge on any atom is 0.321 e. The molecular weight excluding hydrogens is 467 g/mol. The largest absolute Gasteiger partial charge is 0.338 e. The van der Waals surface area contributed by atoms with E-state index < -0.39 is 17.2 Å². The van der Waals surface area contributed by atoms with Crippen LogP contribution in [-0.2, 0) is 11.3 Å². The third kappa shape index (κ3) is 6.46. The van der Waals surface area contributed by atoms with E-state index in [1.54, 1.807) is 19.1 Å². The molecule has 1 atom stereocenters. The summed E-state index contributed by atoms with van der Waals surface area (Å²) in [6.07, 6.45) is 3.51. The van der Waals surface area contributed by atoms with Crippen LogP contribution in [0.15, 0.2) is 59.8 Å². The number of likely N-dealkylation sites (tertiary alicyclic amines) is 1. The number of halogens is 1. The minimum Gasteiger partial charge on any atom is -0.338 e. The van der Waals surface area contributed by atoms with Gasteiger partial charge in [0.2, 0.25) is 5.91 Å². The number of piperidine rings is 1. The van der Waals surface area contributed by atoms with Crippen molar-refractivity contribution < 1.29 is 14.0 Å². The van der Waals surface area contributed by atoms with E-state index >= 15 is 0 Å². The Hall–Kier alpha value is -3.24. The Morgan fingerprint density at radius 1 is 1.03 bits per heavy atom. The summed E-state index contributed by atoms with van der Waals surface area (Å²) in [5.74, 6) is -0.0765. The number of hydrogen-bond acceptors (Lipinski definition) is 6. The number of carbonyl (C=O) groups excluding carboxylic acids is 2. The lowest BCUT2D eigenvalue weighted by molar-refractivity contribution is -0.119. The Labute approximate surface area is 208 Å². The van der Waals surface area contributed by atoms with Crippen LogP contribution in [0.3, 0.4) is 0 Å². The molecule has 4 rings (SSSR count). The summed E-state index contributed by atoms with van der Waals surface area (Å²) in [5, 5.41) is 13.6. The van der Waals surface area contributed by atoms with Crippen molar-refractivity contribution in [3.63, 3.8) is 0 Å². The first-order valence-corrected chi connectivity index (χ1v) is 12.7. The Morgan fingerprint density at radius 3 is 2.43 bits per heavy atom. The van der Waals surface area contributed by atoms with Crippen molar-refractivity contribution in [1.82, 2.24) is 30.3 Å². The second kappa shape index (κ2) is 11.9. The SMILES string of the molecule is CCNC(=O)NC(=O)[C@@H](Sc1nnc(CN2CCCCC2)n1-c1ccc(F)cc1)c1ccccc1. The molecule has 0 spiro atoms. The van der Waals surface area contributed by atoms with Crippen LogP contribution in [0.1, 0.15) is 42.8 Å². The number of hydrogen-bond donors (Lipinski definition) is 2. The number of urea groups is 1. The Morgan fingerprint density at radius 2 is 1.74 bits per heavy atom. The summed E-state index contributed by atoms with van der Waals surface area (Å²) < 4.78 is 15.5. The van der Waals surface area contributed by atoms with Gasteiger partial charge in [-0.2, -0.15) is 0 Å². The van der Waals surface area contributed by atoms with Gasteiger partial charge in [0.1, 0.15) is 11.1 Å². The van der Waals surface area contributed by atoms with Crippen molar-refractivity contribution in [2.45, 2.75) is 43.1 Å². The molecule has 3 aromatic rings. The molecule has 2 N–H and O–H groups in total. The van der Waals surface area contributed by atoms with Crippen LogP contribution in [0.2, 0.25) is 0 Å². The molecule has 0 saturated carbocycles. The van der Waals surface area contributed by atoms with Crippen LogP contribution in [0.25, 0.3) is 5.69 Å². The van der Waals surface area contributed by atoms with Crippen molar-refractivity contribution >= 4 is 23.7 Å². The predicted octanol–water partition coefficient (Wildman–Crippen LogP) is 4.07. The number of nitrogens with zero attached hydrogens (tertiary/aromatic N) is 4. The van der Waals surface area contributed by atoms with E-state index in [4.69, 9.17) is 0 Å². The van der Waals surface area contributed by atoms with Gasteiger partial charge in [0.05, 0.1) is 6.54 Å². The molecule has 1 saturated heterocycles. The average Bonchev–Trinajstić information content (AvgIpc) is 3.26. The Balaban J connectivity index is 1.68. The number of carbonyl (C=O) groups is 2. The molecule has 35 heavy (non-hydrogen) atoms. The van der Waals surface area contributed by atoms with E-state index in [1.807, 2.05) is 34.9 Å². The maximum atomic E-state index is 13.7. The van der Waals surface area contributed by atoms with Gasteiger partial charge >= 0.3 is 6.03 Å². The summed E-state index contributed by atoms with van der Waals surface area (Å²) in [6, 6.07) is 14.8. The zero-order valence-corrected chi connectivity index (χ0v) is 20.4. The number of thioether (sulfide) groups is 1. The monoisotopic (exact) mass is 496 g/mol. The smallest absolute Gasteiger partial charge is 0.321 e. The number of aromatic nitrogens is 3. The standard InChI is InChI=1S/C25H29FN6O2S/c1-2-27-24(34)28-23(33)22(18-9-5-3-6-10-18)35-25-30-29-21(17-31-15-7-4-8-16-31)32(25)20-13-11-19(26)12-14-20/h3,5-6,9-14,22H,2,4,7-8,15-17H2,1H3,(H2,27,28,33,34)/t22-/m0/s1. The van der Waals surface area contributed by atoms with Gasteiger partial charge in [-0.25, -0.2) is 9.18 Å². The summed E-state index contributed by atoms with van der Waals surface area (Å²) in [4.78, 5) is 27.5. The molecule has 0 bridgehead atoms. The van der Waals surface area contributed by atoms with Crippen LogP contribution in [-0.4, -0.2) is 51.2 Å². The molecule has 0 radical (unpaired) electrons. The first kappa shape index (κ1) is 24.9. The van der Waals surface area contributed by atoms with Crippen LogP contribution in [0.5, 0.6) is 0 Å². The molecular formula is C25H29FN6O2S. The van der Waals surface area contributed by atoms with E-state index in [0.29, 0.717) is 23.9 Å². The van der Waals surface area contributed by atoms with Crippen LogP contribution >= 0.6 is 11.8 Å². The van der Waals surface area contributed by atoms with Crippen LogP contribution < -0.4 is 10.6 Å². The van der Waals surface area contributed by atoms with Crippen molar-refractivity contribution in [3.05, 3.63) is 71.8 Å². The molecule has 0 unspecified atom stereocenters. The molecule has 0 aliphatic carbocycles. The molecule has 2 heterocycles. The third-order valence-corrected chi connectivity index (χ3v) is 6.93. The van der Waals surface area contributed by atoms with Gasteiger partial charge in [0.15, 0.2) is 11.0 Å². The molecule has 2 aromatic carbocycles. The lowest BCUT2D eigenvalue weighted by Gasteiger charge is -2.26. The van der Waals surface area contributed by atoms with Crippen LogP contribution in [0.4, 0.5) is 9.18 Å². The number of rotatable bonds is 8. The second-order valence-corrected chi connectivity index (χ2v) is 9.38. The normalized spacial score (nSPS) is 14.9. The molecule has 184 valence electrons. The summed E-state index contributed by atoms with van der Waals surface area (Å²) in [7, 11) is 0. The second-order valence-electron chi connectivity index (χ2n) is 8.30. The van der Waals surface area contributed by atoms with Gasteiger partial charge in [0.25, 0.3) is 0 Å². The van der Waals surface area contributed by atoms with Crippen LogP contribution in [0, 0.1) is 5.82 Å². The fourth-order valence-electron chi connectivity index (χ4n) is 4.03. The highest BCUT2D eigenvalue weighted by Crippen LogP contribution is 2.36. The number of amides is 3. The van der Waals surface area contributed by atoms with Crippen molar-refractivity contribution in [2.75, 3.05) is 19.6 Å². The highest BCUT2D eigenvalue weighted by molar-refractivity contribution is 8.00. The van der Waals surface area contributed by atoms with Gasteiger partial charge in [-0.3, -0.25) is 19.6 Å². The van der Waals surface area contributed by atoms with Crippen molar-refractivity contribution in [2.24, 2.45) is 0 Å². The minimum absolute atomic E-state index is 0.336. The molecule has 1 aromatic heterocycles. The van der Waals surface area contributed by atoms with E-state index in [2.05, 4.69) is 25.7 Å². The summed E-state index contributed by atoms with van der Waals surface area (Å²) in [6.45, 7) is 4.76. The lowest BCUT2D eigenvalue weighted by atomic mass is 10.1. The number of nitrogens with one attached hydrogen (secondary N) is 2. The van der Waals surface area contributed by atoms with Gasteiger partial charge in [-0.1, -0.05) is 48.5 Å². The summed E-state index contributed by atoms with van der Waals surface area (Å²) >= 11 is 1.20. The van der Waals surface area contributed by atoms with Gasteiger partial charge in [-0.05, 0) is 62.7 Å². The first-order valence-electron chi connectivity index (χ1n) is 11.8. The summed E-state index contributed by atoms with van der Waals surface area (Å²) in [5.41, 5.74) is 1.44. The molecule has 8 nitrogen and oxygen atoms in total. The quantitative estimate of drug-likeness (QED) is 0.457. The van der Waals surface area contributed by atoms with E-state index in [1.165, 1.54) is 30.3 Å². The molecule has 1 aliphatic heterocycles. The average molecular weight is 497 g/mol. The highest BCUT2D eigenvalue weighted by atomic mass is 32.2. The zero-order chi connectivity index (χ0) is 24.6. The fourth-order valence-corrected chi connectivity index (χ4v) is 5.11. The van der Waals surface area contributed by atoms with E-state index in [0.717, 1.165) is 37.3 Å². The molecule has 1 fully saturated rings. The molecule has 10 heteroatoms. The lowest BCUT2D eigenvalue weighted by Crippen LogP contribution is -2.41. The van der Waals surface area contributed by atoms with Gasteiger partial charge in [0, 0.05) is 12.2 Å². The first-order chi connectivity index (χ1) is 17.0. The number of imide groups is 1. The van der Waals surface area contributed by atoms with E-state index in [9.17, 15) is 14.0 Å². The third-order valence-electron chi connectivity index (χ3n) is 5.74. The van der Waals surface area contributed by atoms with Crippen molar-refractivity contribution in [1.29, 1.82) is 0 Å². The fraction of sp³-hybridized carbons (Fsp3) is 0.360. The topological polar surface area (TPSA) is 92.2 Å². The van der Waals surface area contributed by atoms with Gasteiger partial charge < -0.3 is 5.32 Å². The predicted molar refractivity (Wildman–Crippen MR) is 133 cm³/mol. The maximum absolute atomic E-state index is 13.7. The van der Waals surface area contributed by atoms with E-state index in [-0.39, 0.29) is 5.82 Å². The molecule has 3 amide bonds. The number of benzene rings is 2. The van der Waals surface area contributed by atoms with Gasteiger partial charge in [-0.15, -0.1) is 10.2 Å². The van der Waals surface area contributed by atoms with Crippen molar-refractivity contribution in [3.8, 4) is 5.69 Å². The Kier molecular flexibility index (Phi) is 8.49. The zero-order valence-electron chi connectivity index (χ0n) is 19.6. The highest BCUT2D eigenvalue weighted by Gasteiger charge is 2.28. The minimum atomic E-state index is -0.745.